The zero-order valence-electron chi connectivity index (χ0n) is 17.8. The van der Waals surface area contributed by atoms with E-state index in [2.05, 4.69) is 54.6 Å². The lowest BCUT2D eigenvalue weighted by molar-refractivity contribution is -0.385. The minimum absolute atomic E-state index is 0.0131. The Balaban J connectivity index is 1.78. The number of benzene rings is 3. The minimum Gasteiger partial charge on any atom is -0.361 e. The highest BCUT2D eigenvalue weighted by atomic mass is 16.6. The van der Waals surface area contributed by atoms with Crippen LogP contribution in [-0.2, 0) is 4.74 Å². The summed E-state index contributed by atoms with van der Waals surface area (Å²) in [6, 6.07) is 27.7. The van der Waals surface area contributed by atoms with E-state index in [1.165, 1.54) is 11.6 Å². The van der Waals surface area contributed by atoms with Gasteiger partial charge in [0.2, 0.25) is 0 Å². The van der Waals surface area contributed by atoms with Gasteiger partial charge >= 0.3 is 0 Å². The Labute approximate surface area is 188 Å². The fourth-order valence-corrected chi connectivity index (χ4v) is 4.84. The van der Waals surface area contributed by atoms with E-state index in [4.69, 9.17) is 4.74 Å². The lowest BCUT2D eigenvalue weighted by Gasteiger charge is -2.19. The zero-order chi connectivity index (χ0) is 21.9. The number of hydrogen-bond acceptors (Lipinski definition) is 3. The molecule has 5 rings (SSSR count). The average molecular weight is 424 g/mol. The second kappa shape index (κ2) is 8.93. The molecule has 4 nitrogen and oxygen atoms in total. The molecule has 2 aliphatic rings. The molecule has 3 aromatic rings. The van der Waals surface area contributed by atoms with Crippen LogP contribution in [0.2, 0.25) is 0 Å². The van der Waals surface area contributed by atoms with E-state index in [1.54, 1.807) is 12.1 Å². The molecule has 4 heteroatoms. The number of allylic oxidation sites excluding steroid dienone is 1. The number of non-ortho nitro benzene ring substituents is 1. The first kappa shape index (κ1) is 20.4. The Hall–Kier alpha value is -3.50. The summed E-state index contributed by atoms with van der Waals surface area (Å²) in [7, 11) is 0. The third-order valence-electron chi connectivity index (χ3n) is 6.28. The van der Waals surface area contributed by atoms with Crippen LogP contribution in [0.3, 0.4) is 0 Å². The SMILES string of the molecule is O=[N+]([O-])c1cccc(C2OC3CCCCC=C3C2=C(c2ccccc2)c2ccccc2)c1. The van der Waals surface area contributed by atoms with E-state index in [9.17, 15) is 10.1 Å². The molecule has 1 heterocycles. The Kier molecular flexibility index (Phi) is 5.70. The molecule has 1 fully saturated rings. The molecule has 3 aromatic carbocycles. The molecule has 0 spiro atoms. The zero-order valence-corrected chi connectivity index (χ0v) is 17.8. The van der Waals surface area contributed by atoms with Crippen molar-refractivity contribution >= 4 is 11.3 Å². The number of nitro benzene ring substituents is 1. The Bertz CT molecular complexity index is 1140. The standard InChI is InChI=1S/C28H25NO3/c30-29(31)23-16-10-15-22(19-23)28-27(24-17-8-3-9-18-25(24)32-28)26(20-11-4-1-5-12-20)21-13-6-2-7-14-21/h1-2,4-7,10-17,19,25,28H,3,8-9,18H2. The fourth-order valence-electron chi connectivity index (χ4n) is 4.84. The molecule has 2 unspecified atom stereocenters. The minimum atomic E-state index is -0.348. The summed E-state index contributed by atoms with van der Waals surface area (Å²) < 4.78 is 6.65. The van der Waals surface area contributed by atoms with E-state index in [0.717, 1.165) is 53.5 Å². The molecule has 160 valence electrons. The first-order chi connectivity index (χ1) is 15.7. The van der Waals surface area contributed by atoms with Crippen molar-refractivity contribution in [2.24, 2.45) is 0 Å². The van der Waals surface area contributed by atoms with Gasteiger partial charge in [-0.25, -0.2) is 0 Å². The van der Waals surface area contributed by atoms with Gasteiger partial charge in [-0.1, -0.05) is 85.3 Å². The van der Waals surface area contributed by atoms with Gasteiger partial charge in [0.1, 0.15) is 6.10 Å². The van der Waals surface area contributed by atoms with Crippen molar-refractivity contribution in [1.82, 2.24) is 0 Å². The van der Waals surface area contributed by atoms with Crippen molar-refractivity contribution in [2.75, 3.05) is 0 Å². The largest absolute Gasteiger partial charge is 0.361 e. The number of hydrogen-bond donors (Lipinski definition) is 0. The third-order valence-corrected chi connectivity index (χ3v) is 6.28. The van der Waals surface area contributed by atoms with E-state index < -0.39 is 0 Å². The lowest BCUT2D eigenvalue weighted by Crippen LogP contribution is -2.07. The quantitative estimate of drug-likeness (QED) is 0.334. The van der Waals surface area contributed by atoms with Gasteiger partial charge < -0.3 is 4.74 Å². The maximum Gasteiger partial charge on any atom is 0.269 e. The molecule has 0 saturated carbocycles. The number of nitro groups is 1. The third kappa shape index (κ3) is 3.90. The second-order valence-corrected chi connectivity index (χ2v) is 8.32. The number of fused-ring (bicyclic) bond motifs is 1. The molecule has 2 atom stereocenters. The molecule has 0 aromatic heterocycles. The Morgan fingerprint density at radius 1 is 0.875 bits per heavy atom. The summed E-state index contributed by atoms with van der Waals surface area (Å²) in [4.78, 5) is 11.1. The van der Waals surface area contributed by atoms with Gasteiger partial charge in [-0.05, 0) is 52.7 Å². The lowest BCUT2D eigenvalue weighted by atomic mass is 9.84. The van der Waals surface area contributed by atoms with Crippen LogP contribution in [0.15, 0.2) is 102 Å². The van der Waals surface area contributed by atoms with Gasteiger partial charge in [0.25, 0.3) is 5.69 Å². The van der Waals surface area contributed by atoms with Gasteiger partial charge in [0.15, 0.2) is 0 Å². The molecule has 32 heavy (non-hydrogen) atoms. The highest BCUT2D eigenvalue weighted by Crippen LogP contribution is 2.49. The summed E-state index contributed by atoms with van der Waals surface area (Å²) in [6.07, 6.45) is 6.26. The summed E-state index contributed by atoms with van der Waals surface area (Å²) in [5.41, 5.74) is 6.67. The van der Waals surface area contributed by atoms with E-state index in [0.29, 0.717) is 0 Å². The van der Waals surface area contributed by atoms with E-state index in [1.807, 2.05) is 18.2 Å². The van der Waals surface area contributed by atoms with Crippen LogP contribution in [0, 0.1) is 10.1 Å². The monoisotopic (exact) mass is 423 g/mol. The molecular formula is C28H25NO3. The van der Waals surface area contributed by atoms with Crippen LogP contribution >= 0.6 is 0 Å². The molecule has 0 N–H and O–H groups in total. The van der Waals surface area contributed by atoms with Crippen molar-refractivity contribution in [2.45, 2.75) is 37.9 Å². The van der Waals surface area contributed by atoms with Crippen LogP contribution in [0.5, 0.6) is 0 Å². The van der Waals surface area contributed by atoms with Gasteiger partial charge in [-0.2, -0.15) is 0 Å². The molecule has 0 bridgehead atoms. The topological polar surface area (TPSA) is 52.4 Å². The van der Waals surface area contributed by atoms with Gasteiger partial charge in [0.05, 0.1) is 11.0 Å². The molecule has 0 amide bonds. The second-order valence-electron chi connectivity index (χ2n) is 8.32. The van der Waals surface area contributed by atoms with Crippen molar-refractivity contribution in [1.29, 1.82) is 0 Å². The normalized spacial score (nSPS) is 20.2. The van der Waals surface area contributed by atoms with Crippen LogP contribution in [0.25, 0.3) is 5.57 Å². The van der Waals surface area contributed by atoms with E-state index in [-0.39, 0.29) is 22.8 Å². The van der Waals surface area contributed by atoms with Crippen LogP contribution < -0.4 is 0 Å². The van der Waals surface area contributed by atoms with Crippen molar-refractivity contribution in [3.05, 3.63) is 129 Å². The highest BCUT2D eigenvalue weighted by Gasteiger charge is 2.39. The van der Waals surface area contributed by atoms with Crippen LogP contribution in [0.4, 0.5) is 5.69 Å². The van der Waals surface area contributed by atoms with Crippen LogP contribution in [0.1, 0.15) is 48.5 Å². The van der Waals surface area contributed by atoms with Gasteiger partial charge in [0, 0.05) is 12.1 Å². The summed E-state index contributed by atoms with van der Waals surface area (Å²) in [5, 5.41) is 11.5. The van der Waals surface area contributed by atoms with E-state index >= 15 is 0 Å². The first-order valence-corrected chi connectivity index (χ1v) is 11.2. The fraction of sp³-hybridized carbons (Fsp3) is 0.214. The van der Waals surface area contributed by atoms with Gasteiger partial charge in [-0.3, -0.25) is 10.1 Å². The predicted octanol–water partition coefficient (Wildman–Crippen LogP) is 7.04. The summed E-state index contributed by atoms with van der Waals surface area (Å²) in [6.45, 7) is 0. The molecule has 1 saturated heterocycles. The Morgan fingerprint density at radius 2 is 1.56 bits per heavy atom. The number of nitrogens with zero attached hydrogens (tertiary/aromatic N) is 1. The molecule has 0 radical (unpaired) electrons. The smallest absolute Gasteiger partial charge is 0.269 e. The maximum atomic E-state index is 11.5. The average Bonchev–Trinajstić information content (AvgIpc) is 3.02. The summed E-state index contributed by atoms with van der Waals surface area (Å²) in [5.74, 6) is 0. The number of ether oxygens (including phenoxy) is 1. The molecule has 1 aliphatic heterocycles. The van der Waals surface area contributed by atoms with Gasteiger partial charge in [-0.15, -0.1) is 0 Å². The van der Waals surface area contributed by atoms with Crippen molar-refractivity contribution in [3.63, 3.8) is 0 Å². The Morgan fingerprint density at radius 3 is 2.22 bits per heavy atom. The number of rotatable bonds is 4. The molecular weight excluding hydrogens is 398 g/mol. The predicted molar refractivity (Wildman–Crippen MR) is 126 cm³/mol. The maximum absolute atomic E-state index is 11.5. The van der Waals surface area contributed by atoms with Crippen LogP contribution in [-0.4, -0.2) is 11.0 Å². The first-order valence-electron chi connectivity index (χ1n) is 11.2. The highest BCUT2D eigenvalue weighted by molar-refractivity contribution is 5.86. The van der Waals surface area contributed by atoms with Crippen molar-refractivity contribution < 1.29 is 9.66 Å². The molecule has 1 aliphatic carbocycles. The van der Waals surface area contributed by atoms with Crippen molar-refractivity contribution in [3.8, 4) is 0 Å². The summed E-state index contributed by atoms with van der Waals surface area (Å²) >= 11 is 0.